The number of hydrogen-bond acceptors (Lipinski definition) is 4. The summed E-state index contributed by atoms with van der Waals surface area (Å²) in [4.78, 5) is 17.0. The Morgan fingerprint density at radius 2 is 2.00 bits per heavy atom. The number of para-hydroxylation sites is 2. The van der Waals surface area contributed by atoms with E-state index in [0.29, 0.717) is 16.6 Å². The Balaban J connectivity index is 1.92. The van der Waals surface area contributed by atoms with Gasteiger partial charge in [0.2, 0.25) is 5.95 Å². The molecule has 0 saturated heterocycles. The third-order valence-corrected chi connectivity index (χ3v) is 4.20. The number of benzene rings is 2. The molecule has 0 amide bonds. The summed E-state index contributed by atoms with van der Waals surface area (Å²) >= 11 is 3.45. The molecule has 22 heavy (non-hydrogen) atoms. The SMILES string of the molecule is Nc1nc2ccccc2n1C(=O)c1cc2c(Br)cccc2o1. The number of anilines is 1. The van der Waals surface area contributed by atoms with Gasteiger partial charge in [0.1, 0.15) is 5.58 Å². The molecule has 0 radical (unpaired) electrons. The standard InChI is InChI=1S/C16H10BrN3O2/c17-10-4-3-7-13-9(10)8-14(22-13)15(21)20-12-6-2-1-5-11(12)19-16(20)18/h1-8H,(H2,18,19). The Morgan fingerprint density at radius 1 is 1.18 bits per heavy atom. The number of hydrogen-bond donors (Lipinski definition) is 1. The second-order valence-corrected chi connectivity index (χ2v) is 5.72. The first-order valence-electron chi connectivity index (χ1n) is 6.61. The molecule has 0 aliphatic carbocycles. The van der Waals surface area contributed by atoms with Gasteiger partial charge < -0.3 is 10.2 Å². The highest BCUT2D eigenvalue weighted by atomic mass is 79.9. The van der Waals surface area contributed by atoms with Crippen LogP contribution in [0.5, 0.6) is 0 Å². The molecule has 0 spiro atoms. The maximum atomic E-state index is 12.8. The minimum Gasteiger partial charge on any atom is -0.451 e. The van der Waals surface area contributed by atoms with E-state index in [2.05, 4.69) is 20.9 Å². The Kier molecular flexibility index (Phi) is 2.80. The highest BCUT2D eigenvalue weighted by Crippen LogP contribution is 2.28. The Bertz CT molecular complexity index is 1030. The zero-order valence-corrected chi connectivity index (χ0v) is 12.9. The molecule has 2 N–H and O–H groups in total. The summed E-state index contributed by atoms with van der Waals surface area (Å²) in [6, 6.07) is 14.6. The molecule has 4 rings (SSSR count). The highest BCUT2D eigenvalue weighted by Gasteiger charge is 2.20. The molecule has 0 saturated carbocycles. The zero-order chi connectivity index (χ0) is 15.3. The van der Waals surface area contributed by atoms with Crippen molar-refractivity contribution in [3.05, 3.63) is 58.8 Å². The first kappa shape index (κ1) is 13.1. The molecule has 2 aromatic carbocycles. The van der Waals surface area contributed by atoms with Crippen LogP contribution in [-0.2, 0) is 0 Å². The number of rotatable bonds is 1. The summed E-state index contributed by atoms with van der Waals surface area (Å²) < 4.78 is 7.89. The third kappa shape index (κ3) is 1.84. The summed E-state index contributed by atoms with van der Waals surface area (Å²) in [6.07, 6.45) is 0. The quantitative estimate of drug-likeness (QED) is 0.563. The van der Waals surface area contributed by atoms with Crippen molar-refractivity contribution < 1.29 is 9.21 Å². The predicted octanol–water partition coefficient (Wildman–Crippen LogP) is 3.82. The maximum Gasteiger partial charge on any atom is 0.300 e. The van der Waals surface area contributed by atoms with Crippen molar-refractivity contribution in [2.45, 2.75) is 0 Å². The van der Waals surface area contributed by atoms with E-state index in [4.69, 9.17) is 10.2 Å². The average Bonchev–Trinajstić information content (AvgIpc) is 3.07. The van der Waals surface area contributed by atoms with Crippen LogP contribution in [0.25, 0.3) is 22.0 Å². The van der Waals surface area contributed by atoms with Gasteiger partial charge in [0, 0.05) is 9.86 Å². The van der Waals surface area contributed by atoms with Gasteiger partial charge >= 0.3 is 5.91 Å². The van der Waals surface area contributed by atoms with Gasteiger partial charge in [0.05, 0.1) is 11.0 Å². The van der Waals surface area contributed by atoms with Crippen LogP contribution in [0.15, 0.2) is 57.4 Å². The van der Waals surface area contributed by atoms with Gasteiger partial charge in [0.15, 0.2) is 5.76 Å². The number of nitrogens with two attached hydrogens (primary N) is 1. The molecule has 2 heterocycles. The van der Waals surface area contributed by atoms with Gasteiger partial charge in [-0.25, -0.2) is 9.55 Å². The smallest absolute Gasteiger partial charge is 0.300 e. The van der Waals surface area contributed by atoms with E-state index in [1.807, 2.05) is 36.4 Å². The van der Waals surface area contributed by atoms with Crippen molar-refractivity contribution in [1.82, 2.24) is 9.55 Å². The molecule has 6 heteroatoms. The van der Waals surface area contributed by atoms with E-state index in [9.17, 15) is 4.79 Å². The molecule has 5 nitrogen and oxygen atoms in total. The van der Waals surface area contributed by atoms with Gasteiger partial charge in [-0.1, -0.05) is 34.1 Å². The van der Waals surface area contributed by atoms with E-state index < -0.39 is 0 Å². The number of furan rings is 1. The number of halogens is 1. The first-order valence-corrected chi connectivity index (χ1v) is 7.40. The molecule has 0 fully saturated rings. The minimum absolute atomic E-state index is 0.144. The largest absolute Gasteiger partial charge is 0.451 e. The van der Waals surface area contributed by atoms with Crippen molar-refractivity contribution in [3.63, 3.8) is 0 Å². The lowest BCUT2D eigenvalue weighted by atomic mass is 10.2. The highest BCUT2D eigenvalue weighted by molar-refractivity contribution is 9.10. The van der Waals surface area contributed by atoms with Crippen molar-refractivity contribution in [2.75, 3.05) is 5.73 Å². The van der Waals surface area contributed by atoms with Crippen LogP contribution >= 0.6 is 15.9 Å². The van der Waals surface area contributed by atoms with E-state index in [1.165, 1.54) is 4.57 Å². The van der Waals surface area contributed by atoms with Crippen LogP contribution in [0.3, 0.4) is 0 Å². The minimum atomic E-state index is -0.339. The Hall–Kier alpha value is -2.60. The normalized spacial score (nSPS) is 11.3. The van der Waals surface area contributed by atoms with Crippen LogP contribution in [0.1, 0.15) is 10.6 Å². The fourth-order valence-corrected chi connectivity index (χ4v) is 2.96. The topological polar surface area (TPSA) is 74.0 Å². The number of fused-ring (bicyclic) bond motifs is 2. The number of imidazole rings is 1. The van der Waals surface area contributed by atoms with Crippen molar-refractivity contribution in [2.24, 2.45) is 0 Å². The second kappa shape index (κ2) is 4.71. The van der Waals surface area contributed by atoms with Gasteiger partial charge in [-0.2, -0.15) is 0 Å². The predicted molar refractivity (Wildman–Crippen MR) is 87.8 cm³/mol. The monoisotopic (exact) mass is 355 g/mol. The van der Waals surface area contributed by atoms with Gasteiger partial charge in [-0.3, -0.25) is 4.79 Å². The molecule has 0 bridgehead atoms. The summed E-state index contributed by atoms with van der Waals surface area (Å²) in [5.41, 5.74) is 7.86. The first-order chi connectivity index (χ1) is 10.6. The van der Waals surface area contributed by atoms with Gasteiger partial charge in [-0.05, 0) is 30.3 Å². The molecule has 0 aliphatic heterocycles. The van der Waals surface area contributed by atoms with E-state index in [-0.39, 0.29) is 17.6 Å². The van der Waals surface area contributed by atoms with Crippen LogP contribution in [0, 0.1) is 0 Å². The number of carbonyl (C=O) groups is 1. The van der Waals surface area contributed by atoms with Crippen LogP contribution in [0.2, 0.25) is 0 Å². The lowest BCUT2D eigenvalue weighted by Crippen LogP contribution is -2.13. The molecule has 0 aliphatic rings. The van der Waals surface area contributed by atoms with Crippen LogP contribution < -0.4 is 5.73 Å². The average molecular weight is 356 g/mol. The Morgan fingerprint density at radius 3 is 2.82 bits per heavy atom. The lowest BCUT2D eigenvalue weighted by molar-refractivity contribution is 0.0942. The number of aromatic nitrogens is 2. The molecule has 4 aromatic rings. The number of carbonyl (C=O) groups excluding carboxylic acids is 1. The van der Waals surface area contributed by atoms with Crippen molar-refractivity contribution >= 4 is 49.8 Å². The van der Waals surface area contributed by atoms with Crippen LogP contribution in [-0.4, -0.2) is 15.5 Å². The van der Waals surface area contributed by atoms with Gasteiger partial charge in [0.25, 0.3) is 0 Å². The molecular weight excluding hydrogens is 346 g/mol. The zero-order valence-electron chi connectivity index (χ0n) is 11.3. The van der Waals surface area contributed by atoms with Crippen LogP contribution in [0.4, 0.5) is 5.95 Å². The van der Waals surface area contributed by atoms with E-state index in [1.54, 1.807) is 12.1 Å². The molecular formula is C16H10BrN3O2. The Labute approximate surface area is 133 Å². The molecule has 108 valence electrons. The lowest BCUT2D eigenvalue weighted by Gasteiger charge is -2.01. The van der Waals surface area contributed by atoms with Crippen molar-refractivity contribution in [1.29, 1.82) is 0 Å². The summed E-state index contributed by atoms with van der Waals surface area (Å²) in [6.45, 7) is 0. The molecule has 2 aromatic heterocycles. The summed E-state index contributed by atoms with van der Waals surface area (Å²) in [5, 5.41) is 0.842. The summed E-state index contributed by atoms with van der Waals surface area (Å²) in [7, 11) is 0. The fourth-order valence-electron chi connectivity index (χ4n) is 2.50. The maximum absolute atomic E-state index is 12.8. The van der Waals surface area contributed by atoms with E-state index in [0.717, 1.165) is 9.86 Å². The fraction of sp³-hybridized carbons (Fsp3) is 0. The number of nitrogen functional groups attached to an aromatic ring is 1. The van der Waals surface area contributed by atoms with Crippen molar-refractivity contribution in [3.8, 4) is 0 Å². The van der Waals surface area contributed by atoms with Gasteiger partial charge in [-0.15, -0.1) is 0 Å². The number of nitrogens with zero attached hydrogens (tertiary/aromatic N) is 2. The second-order valence-electron chi connectivity index (χ2n) is 4.86. The summed E-state index contributed by atoms with van der Waals surface area (Å²) in [5.74, 6) is 0.0248. The van der Waals surface area contributed by atoms with E-state index >= 15 is 0 Å². The third-order valence-electron chi connectivity index (χ3n) is 3.51. The molecule has 0 unspecified atom stereocenters. The molecule has 0 atom stereocenters.